The Balaban J connectivity index is 1.39. The first-order chi connectivity index (χ1) is 14.8. The van der Waals surface area contributed by atoms with E-state index in [1.165, 1.54) is 0 Å². The summed E-state index contributed by atoms with van der Waals surface area (Å²) in [5.74, 6) is -0.888. The number of alkyl halides is 1. The van der Waals surface area contributed by atoms with Crippen molar-refractivity contribution in [3.8, 4) is 5.69 Å². The predicted octanol–water partition coefficient (Wildman–Crippen LogP) is 4.11. The van der Waals surface area contributed by atoms with Gasteiger partial charge in [0, 0.05) is 36.6 Å². The van der Waals surface area contributed by atoms with Crippen LogP contribution in [0, 0.1) is 0 Å². The average Bonchev–Trinajstić information content (AvgIpc) is 3.47. The number of halogens is 1. The molecule has 0 unspecified atom stereocenters. The molecule has 0 radical (unpaired) electrons. The number of carbonyl (C=O) groups is 2. The summed E-state index contributed by atoms with van der Waals surface area (Å²) < 4.78 is 16.0. The lowest BCUT2D eigenvalue weighted by Crippen LogP contribution is -2.43. The number of pyridine rings is 1. The lowest BCUT2D eigenvalue weighted by molar-refractivity contribution is -0.140. The number of carboxylic acids is 1. The van der Waals surface area contributed by atoms with Gasteiger partial charge in [-0.15, -0.1) is 0 Å². The molecule has 3 aromatic rings. The van der Waals surface area contributed by atoms with Crippen molar-refractivity contribution < 1.29 is 19.1 Å². The molecule has 0 spiro atoms. The van der Waals surface area contributed by atoms with Crippen LogP contribution >= 0.6 is 0 Å². The van der Waals surface area contributed by atoms with Gasteiger partial charge in [0.25, 0.3) is 5.91 Å². The number of likely N-dealkylation sites (tertiary alicyclic amines) is 1. The van der Waals surface area contributed by atoms with E-state index in [0.29, 0.717) is 44.3 Å². The molecular formula is C24H24FN3O3. The summed E-state index contributed by atoms with van der Waals surface area (Å²) in [6.45, 7) is 2.41. The van der Waals surface area contributed by atoms with E-state index in [9.17, 15) is 19.1 Å². The Kier molecular flexibility index (Phi) is 4.39. The first-order valence-electron chi connectivity index (χ1n) is 10.6. The third-order valence-electron chi connectivity index (χ3n) is 6.72. The van der Waals surface area contributed by atoms with Gasteiger partial charge in [-0.2, -0.15) is 0 Å². The molecule has 1 amide bonds. The van der Waals surface area contributed by atoms with Crippen molar-refractivity contribution in [1.29, 1.82) is 0 Å². The summed E-state index contributed by atoms with van der Waals surface area (Å²) in [6.07, 6.45) is 5.51. The second-order valence-electron chi connectivity index (χ2n) is 8.96. The normalized spacial score (nSPS) is 19.4. The minimum atomic E-state index is -1.20. The van der Waals surface area contributed by atoms with Gasteiger partial charge in [-0.05, 0) is 62.4 Å². The standard InChI is InChI=1S/C24H24FN3O3/c1-23(25)9-12-27(13-10-23)21(29)17-14-16-6-11-28(20(16)26-15-17)19-4-2-18(3-5-19)24(7-8-24)22(30)31/h2-6,11,14-15H,7-10,12-13H2,1H3,(H,30,31). The molecule has 31 heavy (non-hydrogen) atoms. The van der Waals surface area contributed by atoms with Crippen LogP contribution in [0.15, 0.2) is 48.8 Å². The largest absolute Gasteiger partial charge is 0.481 e. The summed E-state index contributed by atoms with van der Waals surface area (Å²) >= 11 is 0. The number of hydrogen-bond donors (Lipinski definition) is 1. The molecule has 7 heteroatoms. The lowest BCUT2D eigenvalue weighted by Gasteiger charge is -2.34. The maximum Gasteiger partial charge on any atom is 0.314 e. The number of nitrogens with zero attached hydrogens (tertiary/aromatic N) is 3. The van der Waals surface area contributed by atoms with Crippen molar-refractivity contribution in [3.05, 3.63) is 59.9 Å². The fourth-order valence-corrected chi connectivity index (χ4v) is 4.40. The van der Waals surface area contributed by atoms with Gasteiger partial charge in [-0.3, -0.25) is 9.59 Å². The zero-order valence-electron chi connectivity index (χ0n) is 17.3. The Morgan fingerprint density at radius 2 is 1.74 bits per heavy atom. The minimum Gasteiger partial charge on any atom is -0.481 e. The Bertz CT molecular complexity index is 1170. The van der Waals surface area contributed by atoms with Gasteiger partial charge in [0.15, 0.2) is 0 Å². The number of aliphatic carboxylic acids is 1. The molecule has 2 aromatic heterocycles. The van der Waals surface area contributed by atoms with Crippen molar-refractivity contribution in [1.82, 2.24) is 14.5 Å². The zero-order valence-corrected chi connectivity index (χ0v) is 17.3. The third-order valence-corrected chi connectivity index (χ3v) is 6.72. The van der Waals surface area contributed by atoms with Crippen LogP contribution in [-0.2, 0) is 10.2 Å². The highest BCUT2D eigenvalue weighted by atomic mass is 19.1. The van der Waals surface area contributed by atoms with Gasteiger partial charge in [-0.25, -0.2) is 9.37 Å². The van der Waals surface area contributed by atoms with E-state index in [0.717, 1.165) is 22.3 Å². The predicted molar refractivity (Wildman–Crippen MR) is 114 cm³/mol. The maximum atomic E-state index is 14.0. The number of fused-ring (bicyclic) bond motifs is 1. The highest BCUT2D eigenvalue weighted by Gasteiger charge is 2.51. The van der Waals surface area contributed by atoms with Crippen molar-refractivity contribution in [2.75, 3.05) is 13.1 Å². The number of hydrogen-bond acceptors (Lipinski definition) is 3. The van der Waals surface area contributed by atoms with Gasteiger partial charge in [0.2, 0.25) is 0 Å². The van der Waals surface area contributed by atoms with Gasteiger partial charge in [-0.1, -0.05) is 12.1 Å². The molecule has 5 rings (SSSR count). The second-order valence-corrected chi connectivity index (χ2v) is 8.96. The van der Waals surface area contributed by atoms with Gasteiger partial charge < -0.3 is 14.6 Å². The van der Waals surface area contributed by atoms with Crippen molar-refractivity contribution in [2.45, 2.75) is 43.7 Å². The summed E-state index contributed by atoms with van der Waals surface area (Å²) in [4.78, 5) is 30.6. The highest BCUT2D eigenvalue weighted by molar-refractivity contribution is 5.97. The van der Waals surface area contributed by atoms with Crippen LogP contribution in [0.2, 0.25) is 0 Å². The summed E-state index contributed by atoms with van der Waals surface area (Å²) in [5.41, 5.74) is 1.00. The minimum absolute atomic E-state index is 0.120. The quantitative estimate of drug-likeness (QED) is 0.688. The zero-order chi connectivity index (χ0) is 21.8. The lowest BCUT2D eigenvalue weighted by atomic mass is 9.95. The van der Waals surface area contributed by atoms with E-state index < -0.39 is 17.1 Å². The fraction of sp³-hybridized carbons (Fsp3) is 0.375. The molecular weight excluding hydrogens is 397 g/mol. The summed E-state index contributed by atoms with van der Waals surface area (Å²) in [5, 5.41) is 10.3. The SMILES string of the molecule is CC1(F)CCN(C(=O)c2cnc3c(ccn3-c3ccc(C4(C(=O)O)CC4)cc3)c2)CC1. The number of carboxylic acid groups (broad SMARTS) is 1. The second kappa shape index (κ2) is 6.90. The molecule has 2 fully saturated rings. The van der Waals surface area contributed by atoms with Crippen LogP contribution in [-0.4, -0.2) is 50.2 Å². The molecule has 1 saturated heterocycles. The van der Waals surface area contributed by atoms with E-state index in [1.54, 1.807) is 18.0 Å². The Morgan fingerprint density at radius 3 is 2.35 bits per heavy atom. The Labute approximate surface area is 179 Å². The van der Waals surface area contributed by atoms with Crippen molar-refractivity contribution in [2.24, 2.45) is 0 Å². The monoisotopic (exact) mass is 421 g/mol. The van der Waals surface area contributed by atoms with Crippen LogP contribution in [0.4, 0.5) is 4.39 Å². The first kappa shape index (κ1) is 19.7. The third kappa shape index (κ3) is 3.38. The molecule has 1 aliphatic heterocycles. The summed E-state index contributed by atoms with van der Waals surface area (Å²) in [6, 6.07) is 11.3. The number of benzene rings is 1. The molecule has 1 aliphatic carbocycles. The fourth-order valence-electron chi connectivity index (χ4n) is 4.40. The highest BCUT2D eigenvalue weighted by Crippen LogP contribution is 2.48. The number of carbonyl (C=O) groups excluding carboxylic acids is 1. The topological polar surface area (TPSA) is 75.4 Å². The number of rotatable bonds is 4. The van der Waals surface area contributed by atoms with Crippen LogP contribution < -0.4 is 0 Å². The molecule has 1 aromatic carbocycles. The van der Waals surface area contributed by atoms with Crippen molar-refractivity contribution >= 4 is 22.9 Å². The number of aromatic nitrogens is 2. The molecule has 1 N–H and O–H groups in total. The van der Waals surface area contributed by atoms with E-state index in [4.69, 9.17) is 0 Å². The Hall–Kier alpha value is -3.22. The van der Waals surface area contributed by atoms with E-state index >= 15 is 0 Å². The van der Waals surface area contributed by atoms with Gasteiger partial charge in [0.1, 0.15) is 11.3 Å². The average molecular weight is 421 g/mol. The van der Waals surface area contributed by atoms with Crippen LogP contribution in [0.1, 0.15) is 48.5 Å². The van der Waals surface area contributed by atoms with Crippen LogP contribution in [0.5, 0.6) is 0 Å². The Morgan fingerprint density at radius 1 is 1.06 bits per heavy atom. The molecule has 0 atom stereocenters. The smallest absolute Gasteiger partial charge is 0.314 e. The molecule has 6 nitrogen and oxygen atoms in total. The number of amides is 1. The van der Waals surface area contributed by atoms with E-state index in [2.05, 4.69) is 4.98 Å². The van der Waals surface area contributed by atoms with Crippen LogP contribution in [0.3, 0.4) is 0 Å². The van der Waals surface area contributed by atoms with Crippen molar-refractivity contribution in [3.63, 3.8) is 0 Å². The van der Waals surface area contributed by atoms with E-state index in [1.807, 2.05) is 47.2 Å². The first-order valence-corrected chi connectivity index (χ1v) is 10.6. The molecule has 160 valence electrons. The van der Waals surface area contributed by atoms with E-state index in [-0.39, 0.29) is 5.91 Å². The molecule has 3 heterocycles. The number of piperidine rings is 1. The summed E-state index contributed by atoms with van der Waals surface area (Å²) in [7, 11) is 0. The van der Waals surface area contributed by atoms with Crippen LogP contribution in [0.25, 0.3) is 16.7 Å². The molecule has 2 aliphatic rings. The molecule has 1 saturated carbocycles. The van der Waals surface area contributed by atoms with Gasteiger partial charge >= 0.3 is 5.97 Å². The maximum absolute atomic E-state index is 14.0. The van der Waals surface area contributed by atoms with Gasteiger partial charge in [0.05, 0.1) is 11.0 Å². The molecule has 0 bridgehead atoms.